The van der Waals surface area contributed by atoms with E-state index in [-0.39, 0.29) is 18.4 Å². The van der Waals surface area contributed by atoms with Gasteiger partial charge in [-0.3, -0.25) is 4.79 Å². The van der Waals surface area contributed by atoms with Crippen molar-refractivity contribution in [3.05, 3.63) is 71.2 Å². The number of aromatic nitrogens is 1. The molecule has 0 aliphatic carbocycles. The van der Waals surface area contributed by atoms with Crippen molar-refractivity contribution in [2.75, 3.05) is 11.4 Å². The number of ether oxygens (including phenoxy) is 1. The zero-order chi connectivity index (χ0) is 19.5. The molecule has 0 spiro atoms. The topological polar surface area (TPSA) is 72.6 Å². The van der Waals surface area contributed by atoms with E-state index in [1.54, 1.807) is 47.5 Å². The van der Waals surface area contributed by atoms with E-state index < -0.39 is 5.97 Å². The monoisotopic (exact) mass is 396 g/mol. The first-order valence-electron chi connectivity index (χ1n) is 8.89. The molecule has 1 aliphatic rings. The number of rotatable bonds is 5. The van der Waals surface area contributed by atoms with Crippen LogP contribution in [-0.2, 0) is 16.1 Å². The van der Waals surface area contributed by atoms with Gasteiger partial charge in [-0.05, 0) is 42.8 Å². The molecule has 0 bridgehead atoms. The molecule has 7 heteroatoms. The van der Waals surface area contributed by atoms with Crippen LogP contribution >= 0.6 is 11.6 Å². The lowest BCUT2D eigenvalue weighted by molar-refractivity contribution is -0.117. The van der Waals surface area contributed by atoms with E-state index in [0.29, 0.717) is 35.0 Å². The Bertz CT molecular complexity index is 1010. The Morgan fingerprint density at radius 3 is 2.71 bits per heavy atom. The quantitative estimate of drug-likeness (QED) is 0.594. The van der Waals surface area contributed by atoms with Crippen molar-refractivity contribution in [2.24, 2.45) is 0 Å². The Morgan fingerprint density at radius 1 is 1.18 bits per heavy atom. The minimum Gasteiger partial charge on any atom is -0.452 e. The highest BCUT2D eigenvalue weighted by Gasteiger charge is 2.26. The van der Waals surface area contributed by atoms with Gasteiger partial charge in [-0.1, -0.05) is 23.7 Å². The lowest BCUT2D eigenvalue weighted by Crippen LogP contribution is -2.26. The van der Waals surface area contributed by atoms with Gasteiger partial charge in [0.05, 0.1) is 17.4 Å². The Kier molecular flexibility index (Phi) is 5.12. The number of anilines is 1. The normalized spacial score (nSPS) is 13.8. The van der Waals surface area contributed by atoms with E-state index in [2.05, 4.69) is 4.98 Å². The van der Waals surface area contributed by atoms with Crippen LogP contribution < -0.4 is 4.90 Å². The van der Waals surface area contributed by atoms with Crippen LogP contribution in [0.5, 0.6) is 0 Å². The maximum atomic E-state index is 12.6. The Hall–Kier alpha value is -3.12. The summed E-state index contributed by atoms with van der Waals surface area (Å²) >= 11 is 5.89. The number of benzene rings is 2. The highest BCUT2D eigenvalue weighted by molar-refractivity contribution is 6.30. The average molecular weight is 397 g/mol. The molecule has 6 nitrogen and oxygen atoms in total. The van der Waals surface area contributed by atoms with Gasteiger partial charge in [-0.15, -0.1) is 0 Å². The van der Waals surface area contributed by atoms with Crippen LogP contribution in [0.15, 0.2) is 59.1 Å². The number of hydrogen-bond donors (Lipinski definition) is 0. The predicted molar refractivity (Wildman–Crippen MR) is 104 cm³/mol. The molecule has 0 unspecified atom stereocenters. The molecule has 142 valence electrons. The summed E-state index contributed by atoms with van der Waals surface area (Å²) in [7, 11) is 0. The highest BCUT2D eigenvalue weighted by atomic mass is 35.5. The van der Waals surface area contributed by atoms with Gasteiger partial charge >= 0.3 is 5.97 Å². The first-order valence-corrected chi connectivity index (χ1v) is 9.27. The van der Waals surface area contributed by atoms with Gasteiger partial charge in [-0.2, -0.15) is 0 Å². The molecule has 1 aromatic heterocycles. The zero-order valence-corrected chi connectivity index (χ0v) is 15.7. The molecule has 1 saturated heterocycles. The summed E-state index contributed by atoms with van der Waals surface area (Å²) in [5, 5.41) is 0.632. The largest absolute Gasteiger partial charge is 0.452 e. The maximum absolute atomic E-state index is 12.6. The van der Waals surface area contributed by atoms with Crippen LogP contribution in [0.4, 0.5) is 5.69 Å². The second-order valence-corrected chi connectivity index (χ2v) is 6.80. The van der Waals surface area contributed by atoms with Crippen LogP contribution in [-0.4, -0.2) is 23.4 Å². The van der Waals surface area contributed by atoms with Crippen molar-refractivity contribution in [3.8, 4) is 11.3 Å². The van der Waals surface area contributed by atoms with Gasteiger partial charge in [0, 0.05) is 23.6 Å². The van der Waals surface area contributed by atoms with E-state index in [4.69, 9.17) is 20.8 Å². The molecule has 2 aromatic carbocycles. The molecule has 0 radical (unpaired) electrons. The minimum absolute atomic E-state index is 0.0144. The fraction of sp³-hybridized carbons (Fsp3) is 0.190. The van der Waals surface area contributed by atoms with Crippen LogP contribution in [0.3, 0.4) is 0 Å². The number of halogens is 1. The number of hydrogen-bond acceptors (Lipinski definition) is 5. The minimum atomic E-state index is -0.526. The lowest BCUT2D eigenvalue weighted by atomic mass is 10.1. The van der Waals surface area contributed by atoms with E-state index in [9.17, 15) is 9.59 Å². The van der Waals surface area contributed by atoms with Crippen LogP contribution in [0.1, 0.15) is 29.1 Å². The van der Waals surface area contributed by atoms with E-state index in [1.807, 2.05) is 12.1 Å². The molecule has 28 heavy (non-hydrogen) atoms. The van der Waals surface area contributed by atoms with Crippen LogP contribution in [0.25, 0.3) is 11.3 Å². The Labute approximate surface area is 166 Å². The van der Waals surface area contributed by atoms with Crippen molar-refractivity contribution >= 4 is 29.2 Å². The molecule has 0 saturated carbocycles. The summed E-state index contributed by atoms with van der Waals surface area (Å²) in [5.74, 6) is 0.334. The number of amides is 1. The van der Waals surface area contributed by atoms with Gasteiger partial charge in [0.15, 0.2) is 12.4 Å². The zero-order valence-electron chi connectivity index (χ0n) is 14.9. The van der Waals surface area contributed by atoms with Gasteiger partial charge < -0.3 is 14.1 Å². The molecule has 1 fully saturated rings. The number of carbonyl (C=O) groups excluding carboxylic acids is 2. The molecule has 1 aliphatic heterocycles. The second-order valence-electron chi connectivity index (χ2n) is 6.37. The summed E-state index contributed by atoms with van der Waals surface area (Å²) < 4.78 is 11.0. The number of para-hydroxylation sites is 1. The SMILES string of the molecule is O=C(OCc1ncc(-c2ccc(Cl)cc2)o1)c1ccccc1N1CCCC1=O. The van der Waals surface area contributed by atoms with Gasteiger partial charge in [0.2, 0.25) is 11.8 Å². The molecule has 0 N–H and O–H groups in total. The van der Waals surface area contributed by atoms with E-state index in [0.717, 1.165) is 12.0 Å². The molecule has 1 amide bonds. The Morgan fingerprint density at radius 2 is 1.96 bits per heavy atom. The standard InChI is InChI=1S/C21H17ClN2O4/c22-15-9-7-14(8-10-15)18-12-23-19(28-18)13-27-21(26)16-4-1-2-5-17(16)24-11-3-6-20(24)25/h1-2,4-5,7-10,12H,3,6,11,13H2. The second kappa shape index (κ2) is 7.86. The third-order valence-electron chi connectivity index (χ3n) is 4.50. The average Bonchev–Trinajstić information content (AvgIpc) is 3.36. The molecule has 2 heterocycles. The van der Waals surface area contributed by atoms with Crippen molar-refractivity contribution in [1.29, 1.82) is 0 Å². The van der Waals surface area contributed by atoms with Crippen LogP contribution in [0.2, 0.25) is 5.02 Å². The van der Waals surface area contributed by atoms with E-state index >= 15 is 0 Å². The van der Waals surface area contributed by atoms with Gasteiger partial charge in [-0.25, -0.2) is 9.78 Å². The summed E-state index contributed by atoms with van der Waals surface area (Å²) in [6.07, 6.45) is 2.85. The van der Waals surface area contributed by atoms with Gasteiger partial charge in [0.1, 0.15) is 0 Å². The fourth-order valence-corrected chi connectivity index (χ4v) is 3.24. The number of nitrogens with zero attached hydrogens (tertiary/aromatic N) is 2. The number of carbonyl (C=O) groups is 2. The summed E-state index contributed by atoms with van der Waals surface area (Å²) in [6.45, 7) is 0.502. The first kappa shape index (κ1) is 18.3. The first-order chi connectivity index (χ1) is 13.6. The summed E-state index contributed by atoms with van der Waals surface area (Å²) in [5.41, 5.74) is 1.75. The smallest absolute Gasteiger partial charge is 0.340 e. The molecule has 0 atom stereocenters. The predicted octanol–water partition coefficient (Wildman–Crippen LogP) is 4.48. The lowest BCUT2D eigenvalue weighted by Gasteiger charge is -2.18. The highest BCUT2D eigenvalue weighted by Crippen LogP contribution is 2.27. The third kappa shape index (κ3) is 3.77. The maximum Gasteiger partial charge on any atom is 0.340 e. The van der Waals surface area contributed by atoms with Crippen molar-refractivity contribution in [2.45, 2.75) is 19.4 Å². The Balaban J connectivity index is 1.46. The molecular weight excluding hydrogens is 380 g/mol. The van der Waals surface area contributed by atoms with E-state index in [1.165, 1.54) is 0 Å². The van der Waals surface area contributed by atoms with Crippen LogP contribution in [0, 0.1) is 0 Å². The van der Waals surface area contributed by atoms with Crippen molar-refractivity contribution in [3.63, 3.8) is 0 Å². The molecule has 3 aromatic rings. The fourth-order valence-electron chi connectivity index (χ4n) is 3.11. The number of oxazole rings is 1. The summed E-state index contributed by atoms with van der Waals surface area (Å²) in [4.78, 5) is 30.4. The molecule has 4 rings (SSSR count). The summed E-state index contributed by atoms with van der Waals surface area (Å²) in [6, 6.07) is 14.1. The van der Waals surface area contributed by atoms with Crippen molar-refractivity contribution < 1.29 is 18.7 Å². The van der Waals surface area contributed by atoms with Gasteiger partial charge in [0.25, 0.3) is 0 Å². The third-order valence-corrected chi connectivity index (χ3v) is 4.75. The number of esters is 1. The molecular formula is C21H17ClN2O4. The van der Waals surface area contributed by atoms with Crippen molar-refractivity contribution in [1.82, 2.24) is 4.98 Å².